The third-order valence-corrected chi connectivity index (χ3v) is 3.75. The van der Waals surface area contributed by atoms with E-state index in [1.807, 2.05) is 0 Å². The Morgan fingerprint density at radius 1 is 1.17 bits per heavy atom. The molecule has 0 atom stereocenters. The number of nitrogens with two attached hydrogens (primary N) is 1. The van der Waals surface area contributed by atoms with Crippen LogP contribution in [0.15, 0.2) is 12.1 Å². The monoisotopic (exact) mass is 254 g/mol. The summed E-state index contributed by atoms with van der Waals surface area (Å²) in [4.78, 5) is 0. The van der Waals surface area contributed by atoms with E-state index >= 15 is 0 Å². The summed E-state index contributed by atoms with van der Waals surface area (Å²) in [5, 5.41) is 2.98. The molecule has 1 aliphatic rings. The van der Waals surface area contributed by atoms with E-state index < -0.39 is 11.6 Å². The highest BCUT2D eigenvalue weighted by molar-refractivity contribution is 5.54. The standard InChI is InChI=1S/C14H20F2N2/c1-14(2)5-3-10(4-6-14)18-13-11(15)7-9(17)8-12(13)16/h7-8,10,18H,3-6,17H2,1-2H3. The molecule has 1 fully saturated rings. The second-order valence-corrected chi connectivity index (χ2v) is 5.94. The fraction of sp³-hybridized carbons (Fsp3) is 0.571. The first-order valence-corrected chi connectivity index (χ1v) is 6.38. The molecule has 0 spiro atoms. The number of hydrogen-bond donors (Lipinski definition) is 2. The van der Waals surface area contributed by atoms with Crippen molar-refractivity contribution in [3.05, 3.63) is 23.8 Å². The van der Waals surface area contributed by atoms with Gasteiger partial charge in [-0.25, -0.2) is 8.78 Å². The van der Waals surface area contributed by atoms with Gasteiger partial charge in [-0.2, -0.15) is 0 Å². The van der Waals surface area contributed by atoms with Crippen LogP contribution < -0.4 is 11.1 Å². The topological polar surface area (TPSA) is 38.0 Å². The molecule has 0 amide bonds. The number of hydrogen-bond acceptors (Lipinski definition) is 2. The van der Waals surface area contributed by atoms with Gasteiger partial charge in [0.05, 0.1) is 0 Å². The quantitative estimate of drug-likeness (QED) is 0.785. The van der Waals surface area contributed by atoms with Gasteiger partial charge >= 0.3 is 0 Å². The molecule has 100 valence electrons. The molecule has 0 radical (unpaired) electrons. The van der Waals surface area contributed by atoms with Gasteiger partial charge in [0.25, 0.3) is 0 Å². The molecule has 1 aliphatic carbocycles. The fourth-order valence-electron chi connectivity index (χ4n) is 2.48. The van der Waals surface area contributed by atoms with E-state index in [2.05, 4.69) is 19.2 Å². The average molecular weight is 254 g/mol. The van der Waals surface area contributed by atoms with Crippen molar-refractivity contribution in [2.75, 3.05) is 11.1 Å². The molecule has 0 heterocycles. The van der Waals surface area contributed by atoms with Gasteiger partial charge in [0.2, 0.25) is 0 Å². The van der Waals surface area contributed by atoms with Gasteiger partial charge in [-0.1, -0.05) is 13.8 Å². The second kappa shape index (κ2) is 4.75. The number of rotatable bonds is 2. The molecule has 3 N–H and O–H groups in total. The maximum Gasteiger partial charge on any atom is 0.151 e. The van der Waals surface area contributed by atoms with Gasteiger partial charge in [0.1, 0.15) is 5.69 Å². The van der Waals surface area contributed by atoms with E-state index in [-0.39, 0.29) is 17.4 Å². The number of anilines is 2. The van der Waals surface area contributed by atoms with Gasteiger partial charge in [0, 0.05) is 11.7 Å². The predicted octanol–water partition coefficient (Wildman–Crippen LogP) is 3.93. The van der Waals surface area contributed by atoms with E-state index in [1.165, 1.54) is 0 Å². The highest BCUT2D eigenvalue weighted by Crippen LogP contribution is 2.36. The van der Waals surface area contributed by atoms with Crippen LogP contribution in [0.5, 0.6) is 0 Å². The van der Waals surface area contributed by atoms with Crippen molar-refractivity contribution < 1.29 is 8.78 Å². The van der Waals surface area contributed by atoms with Gasteiger partial charge in [-0.15, -0.1) is 0 Å². The lowest BCUT2D eigenvalue weighted by Gasteiger charge is -2.35. The first-order valence-electron chi connectivity index (χ1n) is 6.38. The van der Waals surface area contributed by atoms with Gasteiger partial charge in [-0.3, -0.25) is 0 Å². The Kier molecular flexibility index (Phi) is 3.46. The van der Waals surface area contributed by atoms with Crippen LogP contribution in [0.1, 0.15) is 39.5 Å². The number of benzene rings is 1. The Labute approximate surface area is 107 Å². The summed E-state index contributed by atoms with van der Waals surface area (Å²) in [6, 6.07) is 2.45. The first-order chi connectivity index (χ1) is 8.37. The zero-order valence-electron chi connectivity index (χ0n) is 10.9. The molecule has 1 aromatic carbocycles. The Bertz CT molecular complexity index is 410. The van der Waals surface area contributed by atoms with Crippen molar-refractivity contribution in [3.8, 4) is 0 Å². The third-order valence-electron chi connectivity index (χ3n) is 3.75. The maximum absolute atomic E-state index is 13.6. The molecular formula is C14H20F2N2. The molecule has 0 saturated heterocycles. The molecule has 0 unspecified atom stereocenters. The summed E-state index contributed by atoms with van der Waals surface area (Å²) in [7, 11) is 0. The summed E-state index contributed by atoms with van der Waals surface area (Å²) >= 11 is 0. The largest absolute Gasteiger partial charge is 0.399 e. The van der Waals surface area contributed by atoms with E-state index in [1.54, 1.807) is 0 Å². The van der Waals surface area contributed by atoms with Crippen LogP contribution in [0.4, 0.5) is 20.2 Å². The van der Waals surface area contributed by atoms with Crippen molar-refractivity contribution in [2.45, 2.75) is 45.6 Å². The summed E-state index contributed by atoms with van der Waals surface area (Å²) in [6.45, 7) is 4.46. The Hall–Kier alpha value is -1.32. The van der Waals surface area contributed by atoms with Crippen molar-refractivity contribution in [3.63, 3.8) is 0 Å². The Morgan fingerprint density at radius 2 is 1.67 bits per heavy atom. The van der Waals surface area contributed by atoms with E-state index in [0.717, 1.165) is 37.8 Å². The lowest BCUT2D eigenvalue weighted by molar-refractivity contribution is 0.232. The lowest BCUT2D eigenvalue weighted by atomic mass is 9.75. The van der Waals surface area contributed by atoms with Crippen molar-refractivity contribution in [2.24, 2.45) is 5.41 Å². The van der Waals surface area contributed by atoms with Crippen molar-refractivity contribution in [1.82, 2.24) is 0 Å². The van der Waals surface area contributed by atoms with Crippen molar-refractivity contribution >= 4 is 11.4 Å². The summed E-state index contributed by atoms with van der Waals surface area (Å²) in [6.07, 6.45) is 4.03. The lowest BCUT2D eigenvalue weighted by Crippen LogP contribution is -2.30. The first kappa shape index (κ1) is 13.1. The fourth-order valence-corrected chi connectivity index (χ4v) is 2.48. The molecular weight excluding hydrogens is 234 g/mol. The minimum absolute atomic E-state index is 0.0473. The molecule has 2 rings (SSSR count). The highest BCUT2D eigenvalue weighted by Gasteiger charge is 2.27. The molecule has 1 aromatic rings. The van der Waals surface area contributed by atoms with E-state index in [9.17, 15) is 8.78 Å². The Balaban J connectivity index is 2.07. The Morgan fingerprint density at radius 3 is 2.17 bits per heavy atom. The highest BCUT2D eigenvalue weighted by atomic mass is 19.1. The van der Waals surface area contributed by atoms with Crippen LogP contribution in [-0.4, -0.2) is 6.04 Å². The van der Waals surface area contributed by atoms with Gasteiger partial charge in [-0.05, 0) is 43.2 Å². The summed E-state index contributed by atoms with van der Waals surface area (Å²) in [5.41, 5.74) is 5.80. The normalized spacial score (nSPS) is 19.8. The molecule has 2 nitrogen and oxygen atoms in total. The number of halogens is 2. The molecule has 0 aliphatic heterocycles. The minimum Gasteiger partial charge on any atom is -0.399 e. The van der Waals surface area contributed by atoms with E-state index in [4.69, 9.17) is 5.73 Å². The molecule has 18 heavy (non-hydrogen) atoms. The second-order valence-electron chi connectivity index (χ2n) is 5.94. The molecule has 0 aromatic heterocycles. The van der Waals surface area contributed by atoms with Crippen LogP contribution in [0.25, 0.3) is 0 Å². The summed E-state index contributed by atoms with van der Waals surface area (Å²) in [5.74, 6) is -1.23. The molecule has 4 heteroatoms. The van der Waals surface area contributed by atoms with Crippen LogP contribution in [-0.2, 0) is 0 Å². The third kappa shape index (κ3) is 2.92. The average Bonchev–Trinajstić information content (AvgIpc) is 2.25. The van der Waals surface area contributed by atoms with Crippen LogP contribution >= 0.6 is 0 Å². The van der Waals surface area contributed by atoms with Crippen molar-refractivity contribution in [1.29, 1.82) is 0 Å². The van der Waals surface area contributed by atoms with Crippen LogP contribution in [0, 0.1) is 17.0 Å². The maximum atomic E-state index is 13.6. The molecule has 1 saturated carbocycles. The van der Waals surface area contributed by atoms with Crippen LogP contribution in [0.2, 0.25) is 0 Å². The number of nitrogens with one attached hydrogen (secondary N) is 1. The van der Waals surface area contributed by atoms with Gasteiger partial charge in [0.15, 0.2) is 11.6 Å². The minimum atomic E-state index is -0.614. The van der Waals surface area contributed by atoms with E-state index in [0.29, 0.717) is 5.41 Å². The van der Waals surface area contributed by atoms with Gasteiger partial charge < -0.3 is 11.1 Å². The van der Waals surface area contributed by atoms with Crippen LogP contribution in [0.3, 0.4) is 0 Å². The SMILES string of the molecule is CC1(C)CCC(Nc2c(F)cc(N)cc2F)CC1. The predicted molar refractivity (Wildman–Crippen MR) is 70.4 cm³/mol. The zero-order valence-corrected chi connectivity index (χ0v) is 10.9. The smallest absolute Gasteiger partial charge is 0.151 e. The zero-order chi connectivity index (χ0) is 13.3. The summed E-state index contributed by atoms with van der Waals surface area (Å²) < 4.78 is 27.3. The molecule has 0 bridgehead atoms. The number of nitrogen functional groups attached to an aromatic ring is 1.